The van der Waals surface area contributed by atoms with E-state index in [1.807, 2.05) is 0 Å². The van der Waals surface area contributed by atoms with E-state index in [9.17, 15) is 12.8 Å². The summed E-state index contributed by atoms with van der Waals surface area (Å²) in [5.74, 6) is -1.14. The number of nitrogens with zero attached hydrogens (tertiary/aromatic N) is 1. The first-order valence-corrected chi connectivity index (χ1v) is 6.00. The number of halogens is 1. The maximum atomic E-state index is 13.1. The summed E-state index contributed by atoms with van der Waals surface area (Å²) in [6.45, 7) is 1.40. The minimum absolute atomic E-state index is 0.239. The maximum absolute atomic E-state index is 13.1. The van der Waals surface area contributed by atoms with Crippen molar-refractivity contribution >= 4 is 21.2 Å². The summed E-state index contributed by atoms with van der Waals surface area (Å²) in [6, 6.07) is 2.36. The van der Waals surface area contributed by atoms with Crippen molar-refractivity contribution in [3.63, 3.8) is 0 Å². The summed E-state index contributed by atoms with van der Waals surface area (Å²) >= 11 is 0. The fourth-order valence-corrected chi connectivity index (χ4v) is 2.40. The Morgan fingerprint density at radius 2 is 2.00 bits per heavy atom. The van der Waals surface area contributed by atoms with Crippen LogP contribution < -0.4 is 11.5 Å². The zero-order chi connectivity index (χ0) is 12.5. The summed E-state index contributed by atoms with van der Waals surface area (Å²) in [5, 5.41) is 8.74. The summed E-state index contributed by atoms with van der Waals surface area (Å²) in [5.41, 5.74) is 9.53. The highest BCUT2D eigenvalue weighted by molar-refractivity contribution is 7.91. The molecule has 86 valence electrons. The smallest absolute Gasteiger partial charge is 0.181 e. The highest BCUT2D eigenvalue weighted by atomic mass is 32.2. The number of nitrogen functional groups attached to an aromatic ring is 2. The quantitative estimate of drug-likeness (QED) is 0.585. The molecular formula is C9H10FN3O2S. The lowest BCUT2D eigenvalue weighted by Crippen LogP contribution is -2.12. The number of nitriles is 1. The average molecular weight is 243 g/mol. The van der Waals surface area contributed by atoms with Crippen LogP contribution in [0.4, 0.5) is 15.8 Å². The van der Waals surface area contributed by atoms with Crippen molar-refractivity contribution in [2.75, 3.05) is 17.2 Å². The van der Waals surface area contributed by atoms with Gasteiger partial charge in [-0.25, -0.2) is 12.8 Å². The molecule has 1 rings (SSSR count). The summed E-state index contributed by atoms with van der Waals surface area (Å²) in [6.07, 6.45) is 0. The zero-order valence-corrected chi connectivity index (χ0v) is 9.31. The van der Waals surface area contributed by atoms with Gasteiger partial charge >= 0.3 is 0 Å². The standard InChI is InChI=1S/C9H10FN3O2S/c1-2-16(14,15)9-5(4-11)3-6(10)7(12)8(9)13/h3H,2,12-13H2,1H3. The van der Waals surface area contributed by atoms with Crippen LogP contribution in [0.25, 0.3) is 0 Å². The number of hydrogen-bond donors (Lipinski definition) is 2. The van der Waals surface area contributed by atoms with Crippen LogP contribution in [0.3, 0.4) is 0 Å². The SMILES string of the molecule is CCS(=O)(=O)c1c(C#N)cc(F)c(N)c1N. The Morgan fingerprint density at radius 1 is 1.44 bits per heavy atom. The minimum atomic E-state index is -3.71. The Balaban J connectivity index is 3.77. The van der Waals surface area contributed by atoms with Crippen LogP contribution in [0.15, 0.2) is 11.0 Å². The van der Waals surface area contributed by atoms with E-state index in [0.29, 0.717) is 0 Å². The van der Waals surface area contributed by atoms with Gasteiger partial charge in [-0.2, -0.15) is 5.26 Å². The van der Waals surface area contributed by atoms with Crippen LogP contribution in [-0.2, 0) is 9.84 Å². The third-order valence-electron chi connectivity index (χ3n) is 2.12. The first kappa shape index (κ1) is 12.3. The third-order valence-corrected chi connectivity index (χ3v) is 3.94. The number of sulfone groups is 1. The molecule has 0 aliphatic heterocycles. The fourth-order valence-electron chi connectivity index (χ4n) is 1.23. The van der Waals surface area contributed by atoms with Crippen LogP contribution in [0.5, 0.6) is 0 Å². The predicted molar refractivity (Wildman–Crippen MR) is 57.7 cm³/mol. The number of anilines is 2. The van der Waals surface area contributed by atoms with Gasteiger partial charge in [0.1, 0.15) is 16.8 Å². The number of rotatable bonds is 2. The molecule has 0 saturated carbocycles. The minimum Gasteiger partial charge on any atom is -0.396 e. The molecular weight excluding hydrogens is 233 g/mol. The van der Waals surface area contributed by atoms with E-state index < -0.39 is 31.9 Å². The van der Waals surface area contributed by atoms with Gasteiger partial charge in [0.25, 0.3) is 0 Å². The van der Waals surface area contributed by atoms with Crippen molar-refractivity contribution in [3.05, 3.63) is 17.4 Å². The van der Waals surface area contributed by atoms with Gasteiger partial charge < -0.3 is 11.5 Å². The first-order valence-electron chi connectivity index (χ1n) is 4.35. The van der Waals surface area contributed by atoms with Gasteiger partial charge in [0.15, 0.2) is 9.84 Å². The molecule has 0 unspecified atom stereocenters. The molecule has 0 heterocycles. The van der Waals surface area contributed by atoms with Gasteiger partial charge in [0, 0.05) is 0 Å². The molecule has 5 nitrogen and oxygen atoms in total. The van der Waals surface area contributed by atoms with Crippen molar-refractivity contribution in [3.8, 4) is 6.07 Å². The van der Waals surface area contributed by atoms with Crippen LogP contribution in [0, 0.1) is 17.1 Å². The number of hydrogen-bond acceptors (Lipinski definition) is 5. The lowest BCUT2D eigenvalue weighted by molar-refractivity contribution is 0.596. The summed E-state index contributed by atoms with van der Waals surface area (Å²) in [7, 11) is -3.71. The van der Waals surface area contributed by atoms with E-state index in [-0.39, 0.29) is 11.3 Å². The van der Waals surface area contributed by atoms with Crippen molar-refractivity contribution < 1.29 is 12.8 Å². The van der Waals surface area contributed by atoms with Crippen molar-refractivity contribution in [2.45, 2.75) is 11.8 Å². The Hall–Kier alpha value is -1.81. The van der Waals surface area contributed by atoms with E-state index in [1.165, 1.54) is 6.92 Å². The summed E-state index contributed by atoms with van der Waals surface area (Å²) < 4.78 is 36.5. The van der Waals surface area contributed by atoms with Gasteiger partial charge in [-0.3, -0.25) is 0 Å². The maximum Gasteiger partial charge on any atom is 0.181 e. The predicted octanol–water partition coefficient (Wildman–Crippen LogP) is 0.655. The van der Waals surface area contributed by atoms with Crippen LogP contribution in [-0.4, -0.2) is 14.2 Å². The molecule has 0 spiro atoms. The van der Waals surface area contributed by atoms with Crippen LogP contribution >= 0.6 is 0 Å². The second kappa shape index (κ2) is 3.98. The highest BCUT2D eigenvalue weighted by Gasteiger charge is 2.24. The van der Waals surface area contributed by atoms with E-state index in [0.717, 1.165) is 6.07 Å². The Labute approximate surface area is 92.4 Å². The van der Waals surface area contributed by atoms with Gasteiger partial charge in [0.05, 0.1) is 22.7 Å². The van der Waals surface area contributed by atoms with E-state index in [1.54, 1.807) is 6.07 Å². The molecule has 0 atom stereocenters. The largest absolute Gasteiger partial charge is 0.396 e. The van der Waals surface area contributed by atoms with E-state index in [2.05, 4.69) is 0 Å². The van der Waals surface area contributed by atoms with Crippen LogP contribution in [0.2, 0.25) is 0 Å². The van der Waals surface area contributed by atoms with Crippen molar-refractivity contribution in [1.82, 2.24) is 0 Å². The van der Waals surface area contributed by atoms with Gasteiger partial charge in [0.2, 0.25) is 0 Å². The molecule has 0 fully saturated rings. The normalized spacial score (nSPS) is 11.1. The molecule has 0 aromatic heterocycles. The van der Waals surface area contributed by atoms with Gasteiger partial charge in [-0.05, 0) is 6.07 Å². The zero-order valence-electron chi connectivity index (χ0n) is 8.49. The highest BCUT2D eigenvalue weighted by Crippen LogP contribution is 2.31. The lowest BCUT2D eigenvalue weighted by atomic mass is 10.2. The molecule has 7 heteroatoms. The number of nitrogens with two attached hydrogens (primary N) is 2. The Morgan fingerprint density at radius 3 is 2.44 bits per heavy atom. The molecule has 0 amide bonds. The lowest BCUT2D eigenvalue weighted by Gasteiger charge is -2.10. The van der Waals surface area contributed by atoms with E-state index >= 15 is 0 Å². The second-order valence-electron chi connectivity index (χ2n) is 3.08. The monoisotopic (exact) mass is 243 g/mol. The van der Waals surface area contributed by atoms with Crippen molar-refractivity contribution in [1.29, 1.82) is 5.26 Å². The molecule has 0 radical (unpaired) electrons. The van der Waals surface area contributed by atoms with Crippen LogP contribution in [0.1, 0.15) is 12.5 Å². The molecule has 0 bridgehead atoms. The first-order chi connectivity index (χ1) is 7.35. The molecule has 0 aliphatic rings. The van der Waals surface area contributed by atoms with Crippen molar-refractivity contribution in [2.24, 2.45) is 0 Å². The Bertz CT molecular complexity index is 575. The molecule has 0 saturated heterocycles. The topological polar surface area (TPSA) is 110 Å². The molecule has 1 aromatic rings. The third kappa shape index (κ3) is 1.79. The molecule has 0 aliphatic carbocycles. The molecule has 16 heavy (non-hydrogen) atoms. The van der Waals surface area contributed by atoms with Gasteiger partial charge in [-0.1, -0.05) is 6.92 Å². The summed E-state index contributed by atoms with van der Waals surface area (Å²) in [4.78, 5) is -0.392. The molecule has 4 N–H and O–H groups in total. The van der Waals surface area contributed by atoms with Gasteiger partial charge in [-0.15, -0.1) is 0 Å². The average Bonchev–Trinajstić information content (AvgIpc) is 2.24. The fraction of sp³-hybridized carbons (Fsp3) is 0.222. The number of benzene rings is 1. The van der Waals surface area contributed by atoms with E-state index in [4.69, 9.17) is 16.7 Å². The Kier molecular flexibility index (Phi) is 3.05. The second-order valence-corrected chi connectivity index (χ2v) is 5.29. The molecule has 1 aromatic carbocycles.